The highest BCUT2D eigenvalue weighted by atomic mass is 16.3. The fourth-order valence-electron chi connectivity index (χ4n) is 3.64. The van der Waals surface area contributed by atoms with Crippen molar-refractivity contribution in [2.75, 3.05) is 13.2 Å². The van der Waals surface area contributed by atoms with Gasteiger partial charge in [0.05, 0.1) is 0 Å². The first-order chi connectivity index (χ1) is 11.3. The summed E-state index contributed by atoms with van der Waals surface area (Å²) in [6.07, 6.45) is 9.40. The Morgan fingerprint density at radius 2 is 2.09 bits per heavy atom. The molecular formula is C19H26N2O2. The molecule has 4 heteroatoms. The Labute approximate surface area is 137 Å². The van der Waals surface area contributed by atoms with E-state index in [0.717, 1.165) is 17.3 Å². The molecule has 1 aliphatic rings. The van der Waals surface area contributed by atoms with E-state index in [1.165, 1.54) is 32.1 Å². The van der Waals surface area contributed by atoms with Crippen molar-refractivity contribution in [2.24, 2.45) is 11.8 Å². The van der Waals surface area contributed by atoms with Crippen LogP contribution in [0.3, 0.4) is 0 Å². The normalized spacial score (nSPS) is 17.3. The predicted octanol–water partition coefficient (Wildman–Crippen LogP) is 3.48. The molecule has 1 aromatic heterocycles. The molecule has 0 saturated heterocycles. The summed E-state index contributed by atoms with van der Waals surface area (Å²) in [6.45, 7) is 0.695. The number of aromatic nitrogens is 1. The fraction of sp³-hybridized carbons (Fsp3) is 0.526. The molecule has 0 spiro atoms. The number of carbonyl (C=O) groups is 1. The first-order valence-corrected chi connectivity index (χ1v) is 8.72. The number of H-pyrrole nitrogens is 1. The zero-order valence-corrected chi connectivity index (χ0v) is 13.6. The average molecular weight is 314 g/mol. The summed E-state index contributed by atoms with van der Waals surface area (Å²) in [7, 11) is 0. The van der Waals surface area contributed by atoms with Crippen LogP contribution in [0.1, 0.15) is 48.9 Å². The zero-order valence-electron chi connectivity index (χ0n) is 13.6. The Hall–Kier alpha value is -1.81. The Kier molecular flexibility index (Phi) is 5.34. The van der Waals surface area contributed by atoms with E-state index < -0.39 is 0 Å². The molecular weight excluding hydrogens is 288 g/mol. The van der Waals surface area contributed by atoms with E-state index in [2.05, 4.69) is 10.3 Å². The van der Waals surface area contributed by atoms with E-state index in [1.807, 2.05) is 30.5 Å². The third-order valence-electron chi connectivity index (χ3n) is 5.02. The van der Waals surface area contributed by atoms with Crippen LogP contribution in [0, 0.1) is 11.8 Å². The van der Waals surface area contributed by atoms with Crippen LogP contribution in [0.15, 0.2) is 30.5 Å². The Balaban J connectivity index is 1.53. The van der Waals surface area contributed by atoms with Crippen molar-refractivity contribution < 1.29 is 9.90 Å². The molecule has 1 heterocycles. The van der Waals surface area contributed by atoms with Crippen LogP contribution in [0.25, 0.3) is 10.9 Å². The van der Waals surface area contributed by atoms with Gasteiger partial charge in [0.15, 0.2) is 0 Å². The van der Waals surface area contributed by atoms with Gasteiger partial charge < -0.3 is 15.4 Å². The van der Waals surface area contributed by atoms with Crippen molar-refractivity contribution in [3.63, 3.8) is 0 Å². The smallest absolute Gasteiger partial charge is 0.251 e. The monoisotopic (exact) mass is 314 g/mol. The molecule has 23 heavy (non-hydrogen) atoms. The number of aliphatic hydroxyl groups excluding tert-OH is 1. The molecule has 0 radical (unpaired) electrons. The second kappa shape index (κ2) is 7.64. The quantitative estimate of drug-likeness (QED) is 0.764. The van der Waals surface area contributed by atoms with Gasteiger partial charge in [-0.15, -0.1) is 0 Å². The topological polar surface area (TPSA) is 65.1 Å². The molecule has 124 valence electrons. The van der Waals surface area contributed by atoms with Gasteiger partial charge in [-0.05, 0) is 41.8 Å². The van der Waals surface area contributed by atoms with Gasteiger partial charge in [0.1, 0.15) is 0 Å². The summed E-state index contributed by atoms with van der Waals surface area (Å²) in [4.78, 5) is 15.4. The molecule has 3 N–H and O–H groups in total. The van der Waals surface area contributed by atoms with E-state index in [-0.39, 0.29) is 18.4 Å². The summed E-state index contributed by atoms with van der Waals surface area (Å²) in [5.74, 6) is 0.813. The molecule has 0 unspecified atom stereocenters. The van der Waals surface area contributed by atoms with Gasteiger partial charge in [-0.3, -0.25) is 4.79 Å². The molecule has 1 fully saturated rings. The molecule has 4 nitrogen and oxygen atoms in total. The number of aromatic amines is 1. The molecule has 1 saturated carbocycles. The van der Waals surface area contributed by atoms with Gasteiger partial charge in [0.25, 0.3) is 5.91 Å². The fourth-order valence-corrected chi connectivity index (χ4v) is 3.64. The van der Waals surface area contributed by atoms with Gasteiger partial charge in [0.2, 0.25) is 0 Å². The van der Waals surface area contributed by atoms with Crippen LogP contribution in [0.2, 0.25) is 0 Å². The van der Waals surface area contributed by atoms with E-state index in [0.29, 0.717) is 18.0 Å². The maximum Gasteiger partial charge on any atom is 0.251 e. The van der Waals surface area contributed by atoms with E-state index in [4.69, 9.17) is 0 Å². The third-order valence-corrected chi connectivity index (χ3v) is 5.02. The molecule has 1 atom stereocenters. The zero-order chi connectivity index (χ0) is 16.1. The SMILES string of the molecule is O=C(NC[C@@H](CO)CC1CCCCC1)c1ccc2cc[nH]c2c1. The lowest BCUT2D eigenvalue weighted by Crippen LogP contribution is -2.32. The minimum atomic E-state index is -0.0661. The number of hydrogen-bond acceptors (Lipinski definition) is 2. The maximum atomic E-state index is 12.3. The summed E-state index contributed by atoms with van der Waals surface area (Å²) in [6, 6.07) is 7.66. The van der Waals surface area contributed by atoms with E-state index >= 15 is 0 Å². The largest absolute Gasteiger partial charge is 0.396 e. The summed E-state index contributed by atoms with van der Waals surface area (Å²) < 4.78 is 0. The van der Waals surface area contributed by atoms with E-state index in [1.54, 1.807) is 0 Å². The maximum absolute atomic E-state index is 12.3. The Morgan fingerprint density at radius 3 is 2.87 bits per heavy atom. The van der Waals surface area contributed by atoms with Crippen molar-refractivity contribution >= 4 is 16.8 Å². The number of amides is 1. The van der Waals surface area contributed by atoms with Gasteiger partial charge in [-0.25, -0.2) is 0 Å². The number of benzene rings is 1. The second-order valence-electron chi connectivity index (χ2n) is 6.78. The number of carbonyl (C=O) groups excluding carboxylic acids is 1. The van der Waals surface area contributed by atoms with Gasteiger partial charge >= 0.3 is 0 Å². The number of aliphatic hydroxyl groups is 1. The summed E-state index contributed by atoms with van der Waals surface area (Å²) >= 11 is 0. The van der Waals surface area contributed by atoms with Gasteiger partial charge in [-0.2, -0.15) is 0 Å². The predicted molar refractivity (Wildman–Crippen MR) is 92.4 cm³/mol. The van der Waals surface area contributed by atoms with Crippen molar-refractivity contribution in [1.29, 1.82) is 0 Å². The Morgan fingerprint density at radius 1 is 1.26 bits per heavy atom. The summed E-state index contributed by atoms with van der Waals surface area (Å²) in [5, 5.41) is 13.7. The number of rotatable bonds is 6. The standard InChI is InChI=1S/C19H26N2O2/c22-13-15(10-14-4-2-1-3-5-14)12-21-19(23)17-7-6-16-8-9-20-18(16)11-17/h6-9,11,14-15,20,22H,1-5,10,12-13H2,(H,21,23)/t15-/m0/s1. The molecule has 1 amide bonds. The third kappa shape index (κ3) is 4.14. The molecule has 0 aliphatic heterocycles. The molecule has 2 aromatic rings. The molecule has 3 rings (SSSR count). The average Bonchev–Trinajstić information content (AvgIpc) is 3.06. The molecule has 1 aromatic carbocycles. The first-order valence-electron chi connectivity index (χ1n) is 8.72. The lowest BCUT2D eigenvalue weighted by molar-refractivity contribution is 0.0933. The van der Waals surface area contributed by atoms with Gasteiger partial charge in [-0.1, -0.05) is 38.2 Å². The second-order valence-corrected chi connectivity index (χ2v) is 6.78. The number of nitrogens with one attached hydrogen (secondary N) is 2. The van der Waals surface area contributed by atoms with E-state index in [9.17, 15) is 9.90 Å². The highest BCUT2D eigenvalue weighted by Gasteiger charge is 2.19. The van der Waals surface area contributed by atoms with Crippen LogP contribution >= 0.6 is 0 Å². The number of fused-ring (bicyclic) bond motifs is 1. The van der Waals surface area contributed by atoms with Crippen molar-refractivity contribution in [2.45, 2.75) is 38.5 Å². The van der Waals surface area contributed by atoms with Crippen LogP contribution in [0.5, 0.6) is 0 Å². The van der Waals surface area contributed by atoms with Crippen molar-refractivity contribution in [1.82, 2.24) is 10.3 Å². The highest BCUT2D eigenvalue weighted by molar-refractivity contribution is 5.97. The van der Waals surface area contributed by atoms with Crippen LogP contribution in [-0.4, -0.2) is 29.1 Å². The Bertz CT molecular complexity index is 644. The summed E-state index contributed by atoms with van der Waals surface area (Å²) in [5.41, 5.74) is 1.63. The molecule has 0 bridgehead atoms. The van der Waals surface area contributed by atoms with Crippen LogP contribution < -0.4 is 5.32 Å². The van der Waals surface area contributed by atoms with Crippen molar-refractivity contribution in [3.8, 4) is 0 Å². The van der Waals surface area contributed by atoms with Gasteiger partial charge in [0, 0.05) is 30.4 Å². The molecule has 1 aliphatic carbocycles. The minimum Gasteiger partial charge on any atom is -0.396 e. The lowest BCUT2D eigenvalue weighted by atomic mass is 9.83. The first kappa shape index (κ1) is 16.1. The number of hydrogen-bond donors (Lipinski definition) is 3. The van der Waals surface area contributed by atoms with Crippen molar-refractivity contribution in [3.05, 3.63) is 36.0 Å². The highest BCUT2D eigenvalue weighted by Crippen LogP contribution is 2.28. The minimum absolute atomic E-state index is 0.0661. The van der Waals surface area contributed by atoms with Crippen LogP contribution in [-0.2, 0) is 0 Å². The lowest BCUT2D eigenvalue weighted by Gasteiger charge is -2.25. The van der Waals surface area contributed by atoms with Crippen LogP contribution in [0.4, 0.5) is 0 Å².